The number of hydrazine groups is 1. The number of carbonyl (C=O) groups excluding carboxylic acids is 1. The highest BCUT2D eigenvalue weighted by molar-refractivity contribution is 5.93. The lowest BCUT2D eigenvalue weighted by Gasteiger charge is -2.10. The maximum absolute atomic E-state index is 12.6. The average molecular weight is 525 g/mol. The zero-order valence-electron chi connectivity index (χ0n) is 21.3. The zero-order valence-corrected chi connectivity index (χ0v) is 21.3. The third-order valence-electron chi connectivity index (χ3n) is 6.90. The van der Waals surface area contributed by atoms with Crippen molar-refractivity contribution in [1.82, 2.24) is 30.3 Å². The highest BCUT2D eigenvalue weighted by Crippen LogP contribution is 2.37. The van der Waals surface area contributed by atoms with Gasteiger partial charge in [0, 0.05) is 35.3 Å². The number of aromatic amines is 1. The Hall–Kier alpha value is -5.41. The molecule has 0 fully saturated rings. The minimum Gasteiger partial charge on any atom is -0.339 e. The first-order valence-electron chi connectivity index (χ1n) is 12.9. The van der Waals surface area contributed by atoms with Gasteiger partial charge in [0.05, 0.1) is 41.4 Å². The smallest absolute Gasteiger partial charge is 0.228 e. The molecule has 6 aromatic rings. The van der Waals surface area contributed by atoms with Crippen molar-refractivity contribution in [3.8, 4) is 22.4 Å². The van der Waals surface area contributed by atoms with Crippen molar-refractivity contribution in [2.75, 3.05) is 10.7 Å². The quantitative estimate of drug-likeness (QED) is 0.234. The molecular formula is C31H24N8O. The van der Waals surface area contributed by atoms with Crippen LogP contribution in [0.1, 0.15) is 23.0 Å². The number of carbonyl (C=O) groups is 1. The van der Waals surface area contributed by atoms with Crippen molar-refractivity contribution in [2.24, 2.45) is 0 Å². The molecule has 0 radical (unpaired) electrons. The van der Waals surface area contributed by atoms with E-state index in [1.165, 1.54) is 0 Å². The Labute approximate surface area is 229 Å². The third-order valence-corrected chi connectivity index (χ3v) is 6.90. The maximum Gasteiger partial charge on any atom is 0.228 e. The molecule has 5 heterocycles. The van der Waals surface area contributed by atoms with Crippen molar-refractivity contribution < 1.29 is 4.79 Å². The van der Waals surface area contributed by atoms with E-state index in [1.54, 1.807) is 31.0 Å². The Kier molecular flexibility index (Phi) is 5.95. The molecular weight excluding hydrogens is 500 g/mol. The Bertz CT molecular complexity index is 1840. The number of imidazole rings is 1. The molecule has 1 amide bonds. The van der Waals surface area contributed by atoms with Crippen LogP contribution in [0, 0.1) is 0 Å². The summed E-state index contributed by atoms with van der Waals surface area (Å²) in [6, 6.07) is 23.4. The van der Waals surface area contributed by atoms with Crippen LogP contribution in [-0.2, 0) is 11.2 Å². The molecule has 0 aliphatic carbocycles. The number of aromatic nitrogens is 5. The van der Waals surface area contributed by atoms with E-state index in [1.807, 2.05) is 66.7 Å². The van der Waals surface area contributed by atoms with Crippen LogP contribution in [-0.4, -0.2) is 30.8 Å². The molecule has 1 aliphatic heterocycles. The molecule has 9 nitrogen and oxygen atoms in total. The van der Waals surface area contributed by atoms with Crippen LogP contribution in [0.4, 0.5) is 11.4 Å². The van der Waals surface area contributed by atoms with Gasteiger partial charge in [0.2, 0.25) is 5.91 Å². The van der Waals surface area contributed by atoms with Gasteiger partial charge in [0.15, 0.2) is 0 Å². The number of amides is 1. The number of rotatable bonds is 6. The minimum absolute atomic E-state index is 0.0861. The number of H-pyrrole nitrogens is 1. The molecule has 1 atom stereocenters. The molecule has 4 N–H and O–H groups in total. The lowest BCUT2D eigenvalue weighted by molar-refractivity contribution is -0.115. The van der Waals surface area contributed by atoms with Gasteiger partial charge in [-0.05, 0) is 41.5 Å². The summed E-state index contributed by atoms with van der Waals surface area (Å²) in [4.78, 5) is 34.2. The lowest BCUT2D eigenvalue weighted by atomic mass is 9.99. The molecule has 1 unspecified atom stereocenters. The number of nitrogens with zero attached hydrogens (tertiary/aromatic N) is 4. The van der Waals surface area contributed by atoms with Gasteiger partial charge in [-0.1, -0.05) is 42.5 Å². The second kappa shape index (κ2) is 10.0. The van der Waals surface area contributed by atoms with Crippen LogP contribution in [0.3, 0.4) is 0 Å². The molecule has 1 aliphatic rings. The number of hydrogen-bond acceptors (Lipinski definition) is 7. The molecule has 0 spiro atoms. The number of nitrogens with one attached hydrogen (secondary N) is 4. The van der Waals surface area contributed by atoms with Crippen molar-refractivity contribution in [2.45, 2.75) is 12.5 Å². The first-order chi connectivity index (χ1) is 19.7. The lowest BCUT2D eigenvalue weighted by Crippen LogP contribution is -2.20. The second-order valence-electron chi connectivity index (χ2n) is 9.60. The minimum atomic E-state index is -0.208. The number of benzene rings is 2. The predicted octanol–water partition coefficient (Wildman–Crippen LogP) is 5.28. The van der Waals surface area contributed by atoms with Crippen molar-refractivity contribution >= 4 is 28.3 Å². The summed E-state index contributed by atoms with van der Waals surface area (Å²) in [6.45, 7) is 0. The van der Waals surface area contributed by atoms with Gasteiger partial charge in [-0.25, -0.2) is 10.4 Å². The van der Waals surface area contributed by atoms with Crippen LogP contribution in [0.5, 0.6) is 0 Å². The molecule has 9 heteroatoms. The Morgan fingerprint density at radius 2 is 1.75 bits per heavy atom. The van der Waals surface area contributed by atoms with E-state index in [2.05, 4.69) is 42.2 Å². The van der Waals surface area contributed by atoms with Crippen molar-refractivity contribution in [3.05, 3.63) is 121 Å². The van der Waals surface area contributed by atoms with Crippen LogP contribution >= 0.6 is 0 Å². The molecule has 2 aromatic carbocycles. The topological polar surface area (TPSA) is 121 Å². The molecule has 40 heavy (non-hydrogen) atoms. The Balaban J connectivity index is 1.17. The van der Waals surface area contributed by atoms with Crippen molar-refractivity contribution in [1.29, 1.82) is 0 Å². The van der Waals surface area contributed by atoms with E-state index in [0.717, 1.165) is 56.1 Å². The second-order valence-corrected chi connectivity index (χ2v) is 9.60. The Morgan fingerprint density at radius 3 is 2.62 bits per heavy atom. The first-order valence-corrected chi connectivity index (χ1v) is 12.9. The molecule has 7 rings (SSSR count). The summed E-state index contributed by atoms with van der Waals surface area (Å²) in [5.74, 6) is 0.681. The number of pyridine rings is 3. The fourth-order valence-corrected chi connectivity index (χ4v) is 4.99. The molecule has 4 aromatic heterocycles. The van der Waals surface area contributed by atoms with E-state index >= 15 is 0 Å². The van der Waals surface area contributed by atoms with E-state index in [9.17, 15) is 4.79 Å². The SMILES string of the molecule is O=C(Cc1ccccc1)Nc1cncc(-c2ccc3c(c2)C(c2nc4c(-c5ccccn5)cncc4[nH]2)NN3)c1. The number of fused-ring (bicyclic) bond motifs is 2. The van der Waals surface area contributed by atoms with Gasteiger partial charge >= 0.3 is 0 Å². The summed E-state index contributed by atoms with van der Waals surface area (Å²) in [5.41, 5.74) is 15.5. The van der Waals surface area contributed by atoms with Crippen LogP contribution < -0.4 is 16.2 Å². The molecule has 194 valence electrons. The highest BCUT2D eigenvalue weighted by atomic mass is 16.1. The third kappa shape index (κ3) is 4.55. The van der Waals surface area contributed by atoms with E-state index < -0.39 is 0 Å². The largest absolute Gasteiger partial charge is 0.339 e. The van der Waals surface area contributed by atoms with E-state index in [4.69, 9.17) is 4.98 Å². The van der Waals surface area contributed by atoms with Gasteiger partial charge in [0.1, 0.15) is 17.4 Å². The predicted molar refractivity (Wildman–Crippen MR) is 154 cm³/mol. The van der Waals surface area contributed by atoms with Crippen LogP contribution in [0.15, 0.2) is 104 Å². The molecule has 0 saturated carbocycles. The average Bonchev–Trinajstić information content (AvgIpc) is 3.62. The normalized spacial score (nSPS) is 14.1. The number of anilines is 2. The van der Waals surface area contributed by atoms with Crippen LogP contribution in [0.25, 0.3) is 33.4 Å². The first kappa shape index (κ1) is 23.7. The number of hydrogen-bond donors (Lipinski definition) is 4. The Morgan fingerprint density at radius 1 is 0.875 bits per heavy atom. The van der Waals surface area contributed by atoms with E-state index in [-0.39, 0.29) is 11.9 Å². The van der Waals surface area contributed by atoms with Gasteiger partial charge in [0.25, 0.3) is 0 Å². The summed E-state index contributed by atoms with van der Waals surface area (Å²) in [7, 11) is 0. The van der Waals surface area contributed by atoms with Gasteiger partial charge in [-0.3, -0.25) is 19.7 Å². The molecule has 0 saturated heterocycles. The van der Waals surface area contributed by atoms with Crippen LogP contribution in [0.2, 0.25) is 0 Å². The van der Waals surface area contributed by atoms with Crippen molar-refractivity contribution in [3.63, 3.8) is 0 Å². The standard InChI is InChI=1S/C31H24N8O/c40-28(12-19-6-2-1-3-7-19)35-22-13-21(15-32-16-22)20-9-10-26-23(14-20)30(39-38-26)31-36-27-18-33-17-24(29(27)37-31)25-8-4-5-11-34-25/h1-11,13-18,30,38-39H,12H2,(H,35,40)(H,36,37). The fraction of sp³-hybridized carbons (Fsp3) is 0.0645. The molecule has 0 bridgehead atoms. The summed E-state index contributed by atoms with van der Waals surface area (Å²) in [6.07, 6.45) is 9.10. The zero-order chi connectivity index (χ0) is 26.9. The highest BCUT2D eigenvalue weighted by Gasteiger charge is 2.27. The monoisotopic (exact) mass is 524 g/mol. The summed E-state index contributed by atoms with van der Waals surface area (Å²) >= 11 is 0. The fourth-order valence-electron chi connectivity index (χ4n) is 4.99. The summed E-state index contributed by atoms with van der Waals surface area (Å²) in [5, 5.41) is 2.97. The van der Waals surface area contributed by atoms with Gasteiger partial charge in [-0.15, -0.1) is 0 Å². The maximum atomic E-state index is 12.6. The van der Waals surface area contributed by atoms with Gasteiger partial charge in [-0.2, -0.15) is 0 Å². The summed E-state index contributed by atoms with van der Waals surface area (Å²) < 4.78 is 0. The van der Waals surface area contributed by atoms with E-state index in [0.29, 0.717) is 12.1 Å². The van der Waals surface area contributed by atoms with Gasteiger partial charge < -0.3 is 15.7 Å².